The molecule has 0 atom stereocenters. The van der Waals surface area contributed by atoms with Gasteiger partial charge in [-0.15, -0.1) is 39.1 Å². The van der Waals surface area contributed by atoms with Crippen molar-refractivity contribution in [2.75, 3.05) is 0 Å². The number of benzene rings is 9. The van der Waals surface area contributed by atoms with Crippen molar-refractivity contribution in [3.63, 3.8) is 0 Å². The number of aromatic nitrogens is 3. The fraction of sp³-hybridized carbons (Fsp3) is 0. The Bertz CT molecular complexity index is 3670. The van der Waals surface area contributed by atoms with Crippen LogP contribution < -0.4 is 0 Å². The van der Waals surface area contributed by atoms with E-state index in [0.717, 1.165) is 22.6 Å². The Kier molecular flexibility index (Phi) is 8.13. The van der Waals surface area contributed by atoms with E-state index >= 15 is 0 Å². The molecule has 0 saturated carbocycles. The zero-order valence-electron chi connectivity index (χ0n) is 33.1. The van der Waals surface area contributed by atoms with E-state index in [-0.39, 0.29) is 0 Å². The molecule has 6 heteroatoms. The monoisotopic (exact) mass is 843 g/mol. The molecule has 9 aromatic carbocycles. The largest absolute Gasteiger partial charge is 0.213 e. The summed E-state index contributed by atoms with van der Waals surface area (Å²) in [5.41, 5.74) is 10.2. The van der Waals surface area contributed by atoms with Gasteiger partial charge in [0.2, 0.25) is 0 Å². The highest BCUT2D eigenvalue weighted by atomic mass is 32.1. The van der Waals surface area contributed by atoms with E-state index in [1.807, 2.05) is 38.7 Å². The van der Waals surface area contributed by atoms with E-state index in [9.17, 15) is 0 Å². The molecule has 4 aromatic heterocycles. The average molecular weight is 844 g/mol. The van der Waals surface area contributed by atoms with Crippen molar-refractivity contribution in [3.05, 3.63) is 200 Å². The maximum absolute atomic E-state index is 5.29. The second-order valence-corrected chi connectivity index (χ2v) is 18.9. The van der Waals surface area contributed by atoms with Crippen molar-refractivity contribution in [1.82, 2.24) is 14.8 Å². The van der Waals surface area contributed by atoms with Crippen LogP contribution in [-0.4, -0.2) is 14.8 Å². The van der Waals surface area contributed by atoms with E-state index in [4.69, 9.17) is 10.1 Å². The Hall–Kier alpha value is -7.22. The zero-order valence-corrected chi connectivity index (χ0v) is 35.6. The van der Waals surface area contributed by atoms with E-state index in [1.54, 1.807) is 0 Å². The molecule has 0 aliphatic carbocycles. The highest BCUT2D eigenvalue weighted by Crippen LogP contribution is 2.43. The molecule has 0 N–H and O–H groups in total. The summed E-state index contributed by atoms with van der Waals surface area (Å²) in [7, 11) is 0. The molecule has 0 radical (unpaired) electrons. The number of nitrogens with zero attached hydrogens (tertiary/aromatic N) is 3. The van der Waals surface area contributed by atoms with Crippen molar-refractivity contribution in [1.29, 1.82) is 0 Å². The van der Waals surface area contributed by atoms with Gasteiger partial charge >= 0.3 is 0 Å². The van der Waals surface area contributed by atoms with Gasteiger partial charge in [0.1, 0.15) is 0 Å². The van der Waals surface area contributed by atoms with Crippen molar-refractivity contribution >= 4 is 94.5 Å². The third-order valence-electron chi connectivity index (χ3n) is 12.2. The lowest BCUT2D eigenvalue weighted by molar-refractivity contribution is 0.891. The minimum absolute atomic E-state index is 0.685. The predicted molar refractivity (Wildman–Crippen MR) is 267 cm³/mol. The summed E-state index contributed by atoms with van der Waals surface area (Å²) < 4.78 is 9.86. The Morgan fingerprint density at radius 1 is 0.306 bits per heavy atom. The van der Waals surface area contributed by atoms with E-state index in [0.29, 0.717) is 5.82 Å². The summed E-state index contributed by atoms with van der Waals surface area (Å²) in [6, 6.07) is 72.3. The summed E-state index contributed by atoms with van der Waals surface area (Å²) in [5, 5.41) is 13.1. The van der Waals surface area contributed by atoms with Crippen LogP contribution in [0.1, 0.15) is 0 Å². The van der Waals surface area contributed by atoms with Crippen molar-refractivity contribution in [2.24, 2.45) is 0 Å². The molecule has 0 unspecified atom stereocenters. The summed E-state index contributed by atoms with van der Waals surface area (Å²) >= 11 is 5.58. The van der Waals surface area contributed by atoms with Crippen LogP contribution in [0.25, 0.3) is 122 Å². The fourth-order valence-electron chi connectivity index (χ4n) is 9.10. The molecule has 0 bridgehead atoms. The van der Waals surface area contributed by atoms with Crippen LogP contribution in [0.3, 0.4) is 0 Å². The number of thiophene rings is 3. The first kappa shape index (κ1) is 35.5. The Labute approximate surface area is 369 Å². The van der Waals surface area contributed by atoms with Gasteiger partial charge in [-0.25, -0.2) is 9.67 Å². The standard InChI is InChI=1S/C56H33N3S3/c1-4-19-49-43(10-1)46-16-7-13-40(52(46)60-49)34-22-26-37(27-23-34)55-57-56(38-28-24-35(25-29-38)41-14-8-17-47-44-11-2-5-20-50(44)61-53(41)47)59(58-55)39-32-30-36(31-33-39)42-15-9-18-48-45-12-3-6-21-51(45)62-54(42)48/h1-33H. The van der Waals surface area contributed by atoms with Gasteiger partial charge < -0.3 is 0 Å². The molecule has 4 heterocycles. The topological polar surface area (TPSA) is 30.7 Å². The molecule has 290 valence electrons. The van der Waals surface area contributed by atoms with Crippen molar-refractivity contribution < 1.29 is 0 Å². The first-order valence-corrected chi connectivity index (χ1v) is 23.2. The summed E-state index contributed by atoms with van der Waals surface area (Å²) in [5.74, 6) is 1.48. The molecule has 0 fully saturated rings. The first-order valence-electron chi connectivity index (χ1n) is 20.7. The van der Waals surface area contributed by atoms with E-state index in [2.05, 4.69) is 200 Å². The van der Waals surface area contributed by atoms with Gasteiger partial charge in [0.25, 0.3) is 0 Å². The van der Waals surface area contributed by atoms with Gasteiger partial charge in [-0.1, -0.05) is 170 Å². The van der Waals surface area contributed by atoms with Crippen molar-refractivity contribution in [3.8, 4) is 61.8 Å². The quantitative estimate of drug-likeness (QED) is 0.167. The predicted octanol–water partition coefficient (Wildman–Crippen LogP) is 16.7. The maximum Gasteiger partial charge on any atom is 0.182 e. The number of fused-ring (bicyclic) bond motifs is 9. The Balaban J connectivity index is 0.904. The zero-order chi connectivity index (χ0) is 40.7. The lowest BCUT2D eigenvalue weighted by atomic mass is 10.0. The smallest absolute Gasteiger partial charge is 0.182 e. The van der Waals surface area contributed by atoms with E-state index in [1.165, 1.54) is 93.9 Å². The molecule has 0 amide bonds. The van der Waals surface area contributed by atoms with Crippen LogP contribution in [0.5, 0.6) is 0 Å². The lowest BCUT2D eigenvalue weighted by Gasteiger charge is -2.09. The molecule has 0 spiro atoms. The van der Waals surface area contributed by atoms with Crippen LogP contribution in [0.15, 0.2) is 200 Å². The van der Waals surface area contributed by atoms with Gasteiger partial charge in [-0.2, -0.15) is 0 Å². The summed E-state index contributed by atoms with van der Waals surface area (Å²) in [6.45, 7) is 0. The highest BCUT2D eigenvalue weighted by Gasteiger charge is 2.19. The molecule has 0 saturated heterocycles. The third-order valence-corrected chi connectivity index (χ3v) is 15.8. The van der Waals surface area contributed by atoms with Crippen LogP contribution in [-0.2, 0) is 0 Å². The molecule has 0 aliphatic rings. The highest BCUT2D eigenvalue weighted by molar-refractivity contribution is 7.27. The number of hydrogen-bond acceptors (Lipinski definition) is 5. The van der Waals surface area contributed by atoms with Gasteiger partial charge in [-0.05, 0) is 63.7 Å². The Morgan fingerprint density at radius 3 is 1.10 bits per heavy atom. The van der Waals surface area contributed by atoms with Gasteiger partial charge in [0, 0.05) is 71.6 Å². The minimum Gasteiger partial charge on any atom is -0.213 e. The maximum atomic E-state index is 5.29. The van der Waals surface area contributed by atoms with E-state index < -0.39 is 0 Å². The molecule has 3 nitrogen and oxygen atoms in total. The number of rotatable bonds is 6. The van der Waals surface area contributed by atoms with Crippen LogP contribution >= 0.6 is 34.0 Å². The van der Waals surface area contributed by atoms with Gasteiger partial charge in [-0.3, -0.25) is 0 Å². The van der Waals surface area contributed by atoms with Gasteiger partial charge in [0.05, 0.1) is 5.69 Å². The normalized spacial score (nSPS) is 11.9. The Morgan fingerprint density at radius 2 is 0.661 bits per heavy atom. The lowest BCUT2D eigenvalue weighted by Crippen LogP contribution is -1.99. The summed E-state index contributed by atoms with van der Waals surface area (Å²) in [4.78, 5) is 5.29. The summed E-state index contributed by atoms with van der Waals surface area (Å²) in [6.07, 6.45) is 0. The molecule has 62 heavy (non-hydrogen) atoms. The number of hydrogen-bond donors (Lipinski definition) is 0. The SMILES string of the molecule is c1ccc2c(c1)sc1c(-c3ccc(-c4nc(-c5ccc(-c6cccc7c6sc6ccccc67)cc5)n(-c5ccc(-c6cccc7c6sc6ccccc67)cc5)n4)cc3)cccc12. The minimum atomic E-state index is 0.685. The molecule has 13 aromatic rings. The average Bonchev–Trinajstić information content (AvgIpc) is 4.14. The van der Waals surface area contributed by atoms with Crippen LogP contribution in [0, 0.1) is 0 Å². The second kappa shape index (κ2) is 14.2. The molecular formula is C56H33N3S3. The first-order chi connectivity index (χ1) is 30.7. The molecular weight excluding hydrogens is 811 g/mol. The van der Waals surface area contributed by atoms with Crippen molar-refractivity contribution in [2.45, 2.75) is 0 Å². The van der Waals surface area contributed by atoms with Gasteiger partial charge in [0.15, 0.2) is 11.6 Å². The van der Waals surface area contributed by atoms with Crippen LogP contribution in [0.4, 0.5) is 0 Å². The molecule has 13 rings (SSSR count). The van der Waals surface area contributed by atoms with Crippen LogP contribution in [0.2, 0.25) is 0 Å². The fourth-order valence-corrected chi connectivity index (χ4v) is 12.8. The second-order valence-electron chi connectivity index (χ2n) is 15.7. The third kappa shape index (κ3) is 5.68. The molecule has 0 aliphatic heterocycles.